The topological polar surface area (TPSA) is 109 Å². The van der Waals surface area contributed by atoms with Gasteiger partial charge in [-0.05, 0) is 26.0 Å². The van der Waals surface area contributed by atoms with Crippen LogP contribution in [0.25, 0.3) is 22.3 Å². The lowest BCUT2D eigenvalue weighted by Crippen LogP contribution is -2.64. The third-order valence-electron chi connectivity index (χ3n) is 5.08. The van der Waals surface area contributed by atoms with Gasteiger partial charge in [-0.1, -0.05) is 11.6 Å². The quantitative estimate of drug-likeness (QED) is 0.608. The van der Waals surface area contributed by atoms with Gasteiger partial charge in [0.15, 0.2) is 0 Å². The molecule has 0 spiro atoms. The summed E-state index contributed by atoms with van der Waals surface area (Å²) in [4.78, 5) is 22.3. The van der Waals surface area contributed by atoms with Crippen LogP contribution in [0, 0.1) is 0 Å². The molecule has 3 heterocycles. The molecule has 1 aromatic carbocycles. The van der Waals surface area contributed by atoms with Crippen LogP contribution in [0.15, 0.2) is 24.5 Å². The normalized spacial score (nSPS) is 19.9. The molecule has 164 valence electrons. The molecule has 9 nitrogen and oxygen atoms in total. The summed E-state index contributed by atoms with van der Waals surface area (Å²) in [6.07, 6.45) is -4.47. The number of alkyl halides is 3. The Bertz CT molecular complexity index is 1120. The zero-order chi connectivity index (χ0) is 22.3. The Balaban J connectivity index is 1.46. The summed E-state index contributed by atoms with van der Waals surface area (Å²) < 4.78 is 41.2. The van der Waals surface area contributed by atoms with Gasteiger partial charge in [-0.25, -0.2) is 9.97 Å². The second-order valence-corrected chi connectivity index (χ2v) is 7.51. The molecule has 0 bridgehead atoms. The van der Waals surface area contributed by atoms with E-state index in [0.29, 0.717) is 33.1 Å². The van der Waals surface area contributed by atoms with E-state index in [4.69, 9.17) is 11.6 Å². The maximum Gasteiger partial charge on any atom is 0.522 e. The lowest BCUT2D eigenvalue weighted by atomic mass is 10.00. The van der Waals surface area contributed by atoms with Crippen molar-refractivity contribution in [2.75, 3.05) is 11.9 Å². The number of hydrogen-bond acceptors (Lipinski definition) is 7. The smallest absolute Gasteiger partial charge is 0.359 e. The molecule has 1 saturated heterocycles. The molecule has 0 saturated carbocycles. The first-order valence-corrected chi connectivity index (χ1v) is 9.65. The van der Waals surface area contributed by atoms with Gasteiger partial charge in [0.2, 0.25) is 5.91 Å². The Kier molecular flexibility index (Phi) is 5.43. The van der Waals surface area contributed by atoms with Gasteiger partial charge in [0.05, 0.1) is 16.8 Å². The minimum atomic E-state index is -4.73. The van der Waals surface area contributed by atoms with E-state index in [1.54, 1.807) is 25.1 Å². The summed E-state index contributed by atoms with van der Waals surface area (Å²) >= 11 is 6.12. The third-order valence-corrected chi connectivity index (χ3v) is 5.38. The van der Waals surface area contributed by atoms with Crippen molar-refractivity contribution >= 4 is 34.4 Å². The lowest BCUT2D eigenvalue weighted by Gasteiger charge is -2.46. The van der Waals surface area contributed by atoms with Gasteiger partial charge in [-0.2, -0.15) is 15.4 Å². The number of aromatic amines is 1. The van der Waals surface area contributed by atoms with Crippen LogP contribution in [0.3, 0.4) is 0 Å². The molecule has 3 aromatic rings. The van der Waals surface area contributed by atoms with Gasteiger partial charge in [0.25, 0.3) is 0 Å². The van der Waals surface area contributed by atoms with E-state index in [-0.39, 0.29) is 12.5 Å². The fourth-order valence-electron chi connectivity index (χ4n) is 3.40. The number of fused-ring (bicyclic) bond motifs is 1. The molecule has 1 aliphatic rings. The van der Waals surface area contributed by atoms with Crippen molar-refractivity contribution in [2.24, 2.45) is 0 Å². The van der Waals surface area contributed by atoms with Gasteiger partial charge in [0.1, 0.15) is 35.3 Å². The van der Waals surface area contributed by atoms with Crippen molar-refractivity contribution in [3.8, 4) is 11.3 Å². The highest BCUT2D eigenvalue weighted by Crippen LogP contribution is 2.31. The Hall–Kier alpha value is -2.99. The van der Waals surface area contributed by atoms with E-state index in [9.17, 15) is 18.0 Å². The number of nitrogens with one attached hydrogen (secondary N) is 2. The van der Waals surface area contributed by atoms with E-state index in [2.05, 4.69) is 35.4 Å². The summed E-state index contributed by atoms with van der Waals surface area (Å²) in [7, 11) is 0. The number of carbonyl (C=O) groups is 1. The molecule has 2 aromatic heterocycles. The number of ether oxygens (including phenoxy) is 1. The van der Waals surface area contributed by atoms with Crippen molar-refractivity contribution in [3.05, 3.63) is 29.5 Å². The first kappa shape index (κ1) is 21.2. The van der Waals surface area contributed by atoms with Crippen LogP contribution in [0.5, 0.6) is 0 Å². The fraction of sp³-hybridized carbons (Fsp3) is 0.389. The summed E-state index contributed by atoms with van der Waals surface area (Å²) in [5, 5.41) is 14.0. The third kappa shape index (κ3) is 4.26. The maximum absolute atomic E-state index is 12.6. The van der Waals surface area contributed by atoms with Gasteiger partial charge in [-0.3, -0.25) is 9.53 Å². The second-order valence-electron chi connectivity index (χ2n) is 7.10. The molecule has 0 aliphatic carbocycles. The van der Waals surface area contributed by atoms with Gasteiger partial charge < -0.3 is 10.2 Å². The van der Waals surface area contributed by atoms with Crippen LogP contribution < -0.4 is 5.32 Å². The first-order valence-electron chi connectivity index (χ1n) is 9.27. The number of hydrogen-bond donors (Lipinski definition) is 2. The minimum Gasteiger partial charge on any atom is -0.359 e. The predicted molar refractivity (Wildman–Crippen MR) is 105 cm³/mol. The van der Waals surface area contributed by atoms with E-state index < -0.39 is 24.6 Å². The number of anilines is 1. The number of likely N-dealkylation sites (tertiary alicyclic amines) is 1. The van der Waals surface area contributed by atoms with Gasteiger partial charge >= 0.3 is 6.36 Å². The monoisotopic (exact) mass is 455 g/mol. The highest BCUT2D eigenvalue weighted by molar-refractivity contribution is 6.35. The molecular formula is C18H17ClF3N7O2. The number of aromatic nitrogens is 5. The molecule has 1 aliphatic heterocycles. The lowest BCUT2D eigenvalue weighted by molar-refractivity contribution is -0.359. The standard InChI is InChI=1S/C18H17ClF3N7O2/c1-8(17(30)29-6-13(9(29)2)31-18(20,21)22)25-14-5-12(23-7-24-14)10-3-4-11(19)16-15(10)26-28-27-16/h3-5,7-9,13H,6H2,1-2H3,(H,23,24,25)(H,26,27,28)/t8-,9+,13+/m1/s1. The highest BCUT2D eigenvalue weighted by Gasteiger charge is 2.46. The molecule has 1 fully saturated rings. The Morgan fingerprint density at radius 3 is 2.77 bits per heavy atom. The first-order chi connectivity index (χ1) is 14.6. The molecule has 0 radical (unpaired) electrons. The number of nitrogens with zero attached hydrogens (tertiary/aromatic N) is 5. The Labute approximate surface area is 178 Å². The fourth-order valence-corrected chi connectivity index (χ4v) is 3.59. The molecule has 4 rings (SSSR count). The van der Waals surface area contributed by atoms with E-state index in [1.165, 1.54) is 18.2 Å². The minimum absolute atomic E-state index is 0.129. The number of rotatable bonds is 5. The van der Waals surface area contributed by atoms with Gasteiger partial charge in [0, 0.05) is 18.2 Å². The average molecular weight is 456 g/mol. The van der Waals surface area contributed by atoms with E-state index in [1.807, 2.05) is 0 Å². The van der Waals surface area contributed by atoms with Crippen LogP contribution in [0.4, 0.5) is 19.0 Å². The van der Waals surface area contributed by atoms with Crippen LogP contribution in [-0.2, 0) is 9.53 Å². The zero-order valence-electron chi connectivity index (χ0n) is 16.3. The van der Waals surface area contributed by atoms with Crippen molar-refractivity contribution in [3.63, 3.8) is 0 Å². The van der Waals surface area contributed by atoms with Crippen molar-refractivity contribution in [1.82, 2.24) is 30.3 Å². The largest absolute Gasteiger partial charge is 0.522 e. The van der Waals surface area contributed by atoms with Crippen LogP contribution in [-0.4, -0.2) is 67.3 Å². The van der Waals surface area contributed by atoms with Crippen molar-refractivity contribution < 1.29 is 22.7 Å². The summed E-state index contributed by atoms with van der Waals surface area (Å²) in [6, 6.07) is 3.64. The van der Waals surface area contributed by atoms with E-state index in [0.717, 1.165) is 0 Å². The number of amides is 1. The molecule has 1 amide bonds. The Morgan fingerprint density at radius 2 is 2.06 bits per heavy atom. The molecule has 13 heteroatoms. The zero-order valence-corrected chi connectivity index (χ0v) is 17.1. The molecular weight excluding hydrogens is 439 g/mol. The average Bonchev–Trinajstić information content (AvgIpc) is 3.20. The SMILES string of the molecule is C[C@@H](Nc1cc(-c2ccc(Cl)c3n[nH]nc23)ncn1)C(=O)N1C[C@H](OC(F)(F)F)[C@@H]1C. The predicted octanol–water partition coefficient (Wildman–Crippen LogP) is 3.00. The summed E-state index contributed by atoms with van der Waals surface area (Å²) in [5.41, 5.74) is 2.23. The second kappa shape index (κ2) is 7.93. The van der Waals surface area contributed by atoms with E-state index >= 15 is 0 Å². The van der Waals surface area contributed by atoms with Crippen molar-refractivity contribution in [2.45, 2.75) is 38.4 Å². The Morgan fingerprint density at radius 1 is 1.32 bits per heavy atom. The number of halogens is 4. The number of H-pyrrole nitrogens is 1. The van der Waals surface area contributed by atoms with Crippen molar-refractivity contribution in [1.29, 1.82) is 0 Å². The molecule has 2 N–H and O–H groups in total. The number of carbonyl (C=O) groups excluding carboxylic acids is 1. The highest BCUT2D eigenvalue weighted by atomic mass is 35.5. The van der Waals surface area contributed by atoms with Gasteiger partial charge in [-0.15, -0.1) is 13.2 Å². The molecule has 0 unspecified atom stereocenters. The molecule has 3 atom stereocenters. The van der Waals surface area contributed by atoms with Crippen LogP contribution in [0.1, 0.15) is 13.8 Å². The molecule has 31 heavy (non-hydrogen) atoms. The maximum atomic E-state index is 12.6. The van der Waals surface area contributed by atoms with Crippen LogP contribution in [0.2, 0.25) is 5.02 Å². The summed E-state index contributed by atoms with van der Waals surface area (Å²) in [6.45, 7) is 2.99. The van der Waals surface area contributed by atoms with Crippen LogP contribution >= 0.6 is 11.6 Å². The summed E-state index contributed by atoms with van der Waals surface area (Å²) in [5.74, 6) is 0.00813. The number of benzene rings is 1.